The van der Waals surface area contributed by atoms with Crippen LogP contribution in [0.1, 0.15) is 59.0 Å². The first-order valence-corrected chi connectivity index (χ1v) is 10.2. The molecule has 0 aliphatic carbocycles. The van der Waals surface area contributed by atoms with E-state index in [1.165, 1.54) is 6.42 Å². The summed E-state index contributed by atoms with van der Waals surface area (Å²) in [5.74, 6) is -0.815. The molecule has 0 atom stereocenters. The van der Waals surface area contributed by atoms with E-state index in [-0.39, 0.29) is 11.9 Å². The first-order valence-electron chi connectivity index (χ1n) is 10.2. The van der Waals surface area contributed by atoms with Crippen LogP contribution in [0.4, 0.5) is 11.4 Å². The topological polar surface area (TPSA) is 102 Å². The first-order chi connectivity index (χ1) is 14.1. The summed E-state index contributed by atoms with van der Waals surface area (Å²) in [6.45, 7) is 3.28. The van der Waals surface area contributed by atoms with Crippen LogP contribution in [0, 0.1) is 0 Å². The minimum absolute atomic E-state index is 0.257. The van der Waals surface area contributed by atoms with Gasteiger partial charge in [-0.15, -0.1) is 0 Å². The maximum atomic E-state index is 12.9. The summed E-state index contributed by atoms with van der Waals surface area (Å²) in [6.07, 6.45) is 7.06. The number of hydrogen-bond acceptors (Lipinski definition) is 5. The average molecular weight is 397 g/mol. The number of nitrogens with zero attached hydrogens (tertiary/aromatic N) is 3. The molecule has 4 rings (SSSR count). The van der Waals surface area contributed by atoms with E-state index in [9.17, 15) is 9.59 Å². The van der Waals surface area contributed by atoms with Gasteiger partial charge in [0.25, 0.3) is 5.91 Å². The van der Waals surface area contributed by atoms with Gasteiger partial charge in [-0.25, -0.2) is 0 Å². The van der Waals surface area contributed by atoms with Gasteiger partial charge in [-0.3, -0.25) is 14.3 Å². The smallest absolute Gasteiger partial charge is 0.276 e. The molecule has 2 aliphatic heterocycles. The maximum absolute atomic E-state index is 12.9. The van der Waals surface area contributed by atoms with Crippen LogP contribution in [0.3, 0.4) is 0 Å². The highest BCUT2D eigenvalue weighted by Crippen LogP contribution is 2.30. The molecular formula is C21H27N5O3. The van der Waals surface area contributed by atoms with Crippen LogP contribution >= 0.6 is 0 Å². The van der Waals surface area contributed by atoms with Crippen LogP contribution in [-0.2, 0) is 4.74 Å². The Morgan fingerprint density at radius 2 is 1.86 bits per heavy atom. The number of nitrogens with one attached hydrogen (secondary N) is 1. The Morgan fingerprint density at radius 3 is 2.59 bits per heavy atom. The van der Waals surface area contributed by atoms with Crippen molar-refractivity contribution in [3.05, 3.63) is 41.7 Å². The van der Waals surface area contributed by atoms with Gasteiger partial charge >= 0.3 is 0 Å². The minimum atomic E-state index is -0.519. The molecular weight excluding hydrogens is 370 g/mol. The van der Waals surface area contributed by atoms with Crippen LogP contribution in [-0.4, -0.2) is 47.9 Å². The first kappa shape index (κ1) is 19.4. The molecule has 154 valence electrons. The Kier molecular flexibility index (Phi) is 5.80. The van der Waals surface area contributed by atoms with Crippen molar-refractivity contribution in [3.8, 4) is 0 Å². The number of rotatable bonds is 5. The lowest BCUT2D eigenvalue weighted by Crippen LogP contribution is -2.30. The summed E-state index contributed by atoms with van der Waals surface area (Å²) in [5, 5.41) is 7.42. The molecule has 0 bridgehead atoms. The van der Waals surface area contributed by atoms with E-state index in [0.29, 0.717) is 30.2 Å². The molecule has 2 fully saturated rings. The predicted molar refractivity (Wildman–Crippen MR) is 110 cm³/mol. The highest BCUT2D eigenvalue weighted by Gasteiger charge is 2.21. The number of hydrogen-bond donors (Lipinski definition) is 2. The fourth-order valence-corrected chi connectivity index (χ4v) is 4.00. The van der Waals surface area contributed by atoms with Crippen LogP contribution in [0.25, 0.3) is 0 Å². The number of carbonyl (C=O) groups excluding carboxylic acids is 2. The summed E-state index contributed by atoms with van der Waals surface area (Å²) in [5.41, 5.74) is 7.67. The van der Waals surface area contributed by atoms with Crippen LogP contribution < -0.4 is 16.0 Å². The largest absolute Gasteiger partial charge is 0.381 e. The lowest BCUT2D eigenvalue weighted by molar-refractivity contribution is 0.0661. The van der Waals surface area contributed by atoms with E-state index >= 15 is 0 Å². The Labute approximate surface area is 170 Å². The Bertz CT molecular complexity index is 882. The van der Waals surface area contributed by atoms with Crippen molar-refractivity contribution in [3.63, 3.8) is 0 Å². The third kappa shape index (κ3) is 4.42. The number of anilines is 2. The third-order valence-corrected chi connectivity index (χ3v) is 5.63. The zero-order valence-corrected chi connectivity index (χ0v) is 16.5. The van der Waals surface area contributed by atoms with Gasteiger partial charge in [0.1, 0.15) is 0 Å². The number of piperidine rings is 1. The molecule has 0 spiro atoms. The molecule has 2 saturated heterocycles. The van der Waals surface area contributed by atoms with E-state index in [2.05, 4.69) is 15.3 Å². The molecule has 0 radical (unpaired) electrons. The van der Waals surface area contributed by atoms with E-state index < -0.39 is 5.91 Å². The van der Waals surface area contributed by atoms with Gasteiger partial charge < -0.3 is 20.7 Å². The third-order valence-electron chi connectivity index (χ3n) is 5.63. The lowest BCUT2D eigenvalue weighted by atomic mass is 10.1. The van der Waals surface area contributed by atoms with Crippen molar-refractivity contribution in [2.24, 2.45) is 5.73 Å². The number of ether oxygens (including phenoxy) is 1. The van der Waals surface area contributed by atoms with E-state index in [1.807, 2.05) is 16.9 Å². The number of benzene rings is 1. The van der Waals surface area contributed by atoms with Crippen LogP contribution in [0.15, 0.2) is 30.5 Å². The summed E-state index contributed by atoms with van der Waals surface area (Å²) in [6, 6.07) is 7.21. The second-order valence-electron chi connectivity index (χ2n) is 7.62. The van der Waals surface area contributed by atoms with Crippen molar-refractivity contribution in [1.29, 1.82) is 0 Å². The highest BCUT2D eigenvalue weighted by molar-refractivity contribution is 6.06. The fourth-order valence-electron chi connectivity index (χ4n) is 4.00. The molecule has 0 saturated carbocycles. The summed E-state index contributed by atoms with van der Waals surface area (Å²) >= 11 is 0. The van der Waals surface area contributed by atoms with Gasteiger partial charge in [-0.1, -0.05) is 0 Å². The molecule has 3 N–H and O–H groups in total. The number of primary amides is 1. The second kappa shape index (κ2) is 8.65. The van der Waals surface area contributed by atoms with E-state index in [0.717, 1.165) is 44.5 Å². The summed E-state index contributed by atoms with van der Waals surface area (Å²) < 4.78 is 7.24. The van der Waals surface area contributed by atoms with Crippen molar-refractivity contribution < 1.29 is 14.3 Å². The molecule has 8 nitrogen and oxygen atoms in total. The number of aromatic nitrogens is 2. The standard InChI is InChI=1S/C21H27N5O3/c22-20(27)15-4-5-19(25-9-2-1-3-10-25)18(14-15)23-21(28)17-6-11-26(24-17)16-7-12-29-13-8-16/h4-6,11,14,16H,1-3,7-10,12-13H2,(H2,22,27)(H,23,28). The van der Waals surface area contributed by atoms with Gasteiger partial charge in [0, 0.05) is 38.1 Å². The quantitative estimate of drug-likeness (QED) is 0.807. The Morgan fingerprint density at radius 1 is 1.10 bits per heavy atom. The van der Waals surface area contributed by atoms with Gasteiger partial charge in [0.15, 0.2) is 5.69 Å². The van der Waals surface area contributed by atoms with E-state index in [1.54, 1.807) is 18.2 Å². The Hall–Kier alpha value is -2.87. The Balaban J connectivity index is 1.55. The van der Waals surface area contributed by atoms with Crippen molar-refractivity contribution in [2.75, 3.05) is 36.5 Å². The van der Waals surface area contributed by atoms with Crippen molar-refractivity contribution >= 4 is 23.2 Å². The predicted octanol–water partition coefficient (Wildman–Crippen LogP) is 2.58. The maximum Gasteiger partial charge on any atom is 0.276 e. The fraction of sp³-hybridized carbons (Fsp3) is 0.476. The number of nitrogens with two attached hydrogens (primary N) is 1. The van der Waals surface area contributed by atoms with E-state index in [4.69, 9.17) is 10.5 Å². The van der Waals surface area contributed by atoms with Crippen molar-refractivity contribution in [2.45, 2.75) is 38.1 Å². The summed E-state index contributed by atoms with van der Waals surface area (Å²) in [4.78, 5) is 26.8. The van der Waals surface area contributed by atoms with Crippen LogP contribution in [0.2, 0.25) is 0 Å². The molecule has 2 aromatic rings. The van der Waals surface area contributed by atoms with Crippen LogP contribution in [0.5, 0.6) is 0 Å². The normalized spacial score (nSPS) is 17.9. The lowest BCUT2D eigenvalue weighted by Gasteiger charge is -2.30. The molecule has 3 heterocycles. The molecule has 2 aliphatic rings. The van der Waals surface area contributed by atoms with Gasteiger partial charge in [-0.2, -0.15) is 5.10 Å². The minimum Gasteiger partial charge on any atom is -0.381 e. The zero-order chi connectivity index (χ0) is 20.2. The van der Waals surface area contributed by atoms with Crippen molar-refractivity contribution in [1.82, 2.24) is 9.78 Å². The summed E-state index contributed by atoms with van der Waals surface area (Å²) in [7, 11) is 0. The van der Waals surface area contributed by atoms with Gasteiger partial charge in [-0.05, 0) is 56.4 Å². The molecule has 2 amide bonds. The monoisotopic (exact) mass is 397 g/mol. The molecule has 1 aromatic carbocycles. The molecule has 8 heteroatoms. The SMILES string of the molecule is NC(=O)c1ccc(N2CCCCC2)c(NC(=O)c2ccn(C3CCOCC3)n2)c1. The average Bonchev–Trinajstić information content (AvgIpc) is 3.25. The molecule has 1 aromatic heterocycles. The van der Waals surface area contributed by atoms with Gasteiger partial charge in [0.2, 0.25) is 5.91 Å². The van der Waals surface area contributed by atoms with Gasteiger partial charge in [0.05, 0.1) is 17.4 Å². The second-order valence-corrected chi connectivity index (χ2v) is 7.62. The zero-order valence-electron chi connectivity index (χ0n) is 16.5. The number of amides is 2. The molecule has 29 heavy (non-hydrogen) atoms. The molecule has 0 unspecified atom stereocenters. The number of carbonyl (C=O) groups is 2. The highest BCUT2D eigenvalue weighted by atomic mass is 16.5.